The molecule has 3 aromatic heterocycles. The van der Waals surface area contributed by atoms with Crippen LogP contribution in [-0.4, -0.2) is 34.6 Å². The molecular formula is C19H17F2N7O. The summed E-state index contributed by atoms with van der Waals surface area (Å²) in [5.41, 5.74) is 1.05. The lowest BCUT2D eigenvalue weighted by Crippen LogP contribution is -2.14. The van der Waals surface area contributed by atoms with Crippen LogP contribution in [0.1, 0.15) is 36.6 Å². The van der Waals surface area contributed by atoms with Gasteiger partial charge in [0.1, 0.15) is 24.6 Å². The van der Waals surface area contributed by atoms with Crippen LogP contribution < -0.4 is 4.74 Å². The molecule has 4 aromatic rings. The van der Waals surface area contributed by atoms with Crippen LogP contribution in [0.25, 0.3) is 17.0 Å². The van der Waals surface area contributed by atoms with Gasteiger partial charge >= 0.3 is 0 Å². The molecule has 0 unspecified atom stereocenters. The molecule has 0 N–H and O–H groups in total. The first-order chi connectivity index (χ1) is 14.1. The first-order valence-corrected chi connectivity index (χ1v) is 9.28. The lowest BCUT2D eigenvalue weighted by molar-refractivity contribution is 0.263. The second kappa shape index (κ2) is 6.87. The fourth-order valence-corrected chi connectivity index (χ4v) is 3.40. The third-order valence-corrected chi connectivity index (χ3v) is 5.26. The van der Waals surface area contributed by atoms with Gasteiger partial charge < -0.3 is 4.74 Å². The van der Waals surface area contributed by atoms with E-state index in [2.05, 4.69) is 25.4 Å². The maximum absolute atomic E-state index is 14.3. The minimum Gasteiger partial charge on any atom is -0.468 e. The summed E-state index contributed by atoms with van der Waals surface area (Å²) in [6.07, 6.45) is 4.64. The summed E-state index contributed by atoms with van der Waals surface area (Å²) in [7, 11) is 1.77. The van der Waals surface area contributed by atoms with Crippen LogP contribution in [0.3, 0.4) is 0 Å². The fourth-order valence-electron chi connectivity index (χ4n) is 3.40. The van der Waals surface area contributed by atoms with Gasteiger partial charge in [-0.2, -0.15) is 9.61 Å². The molecule has 1 aromatic carbocycles. The van der Waals surface area contributed by atoms with Crippen molar-refractivity contribution in [3.05, 3.63) is 53.6 Å². The number of hydrogen-bond acceptors (Lipinski definition) is 6. The van der Waals surface area contributed by atoms with E-state index in [-0.39, 0.29) is 18.0 Å². The van der Waals surface area contributed by atoms with E-state index in [1.54, 1.807) is 11.7 Å². The monoisotopic (exact) mass is 397 g/mol. The SMILES string of the molecule is Cn1ncnc1COc1nn2c(-c3c(F)cccc3F)nnc2cc1C1CCC1. The first-order valence-electron chi connectivity index (χ1n) is 9.28. The zero-order valence-electron chi connectivity index (χ0n) is 15.6. The Bertz CT molecular complexity index is 1180. The molecule has 8 nitrogen and oxygen atoms in total. The molecule has 29 heavy (non-hydrogen) atoms. The van der Waals surface area contributed by atoms with Gasteiger partial charge in [0.15, 0.2) is 17.3 Å². The number of aryl methyl sites for hydroxylation is 1. The second-order valence-corrected chi connectivity index (χ2v) is 7.01. The molecule has 5 rings (SSSR count). The van der Waals surface area contributed by atoms with Crippen molar-refractivity contribution >= 4 is 5.65 Å². The molecule has 3 heterocycles. The van der Waals surface area contributed by atoms with Gasteiger partial charge in [-0.3, -0.25) is 4.68 Å². The van der Waals surface area contributed by atoms with Crippen LogP contribution in [0.5, 0.6) is 5.88 Å². The molecule has 0 saturated heterocycles. The van der Waals surface area contributed by atoms with E-state index in [1.165, 1.54) is 29.0 Å². The zero-order chi connectivity index (χ0) is 20.0. The molecule has 0 amide bonds. The number of aromatic nitrogens is 7. The van der Waals surface area contributed by atoms with Crippen molar-refractivity contribution in [3.8, 4) is 17.3 Å². The van der Waals surface area contributed by atoms with Crippen molar-refractivity contribution in [2.24, 2.45) is 7.05 Å². The highest BCUT2D eigenvalue weighted by Crippen LogP contribution is 2.41. The van der Waals surface area contributed by atoms with Crippen molar-refractivity contribution in [2.75, 3.05) is 0 Å². The lowest BCUT2D eigenvalue weighted by Gasteiger charge is -2.26. The molecule has 1 aliphatic rings. The summed E-state index contributed by atoms with van der Waals surface area (Å²) in [5.74, 6) is -0.151. The minimum atomic E-state index is -0.731. The predicted octanol–water partition coefficient (Wildman–Crippen LogP) is 3.04. The van der Waals surface area contributed by atoms with Crippen LogP contribution in [0.4, 0.5) is 8.78 Å². The van der Waals surface area contributed by atoms with E-state index in [1.807, 2.05) is 6.07 Å². The van der Waals surface area contributed by atoms with Gasteiger partial charge in [-0.15, -0.1) is 15.3 Å². The topological polar surface area (TPSA) is 83.0 Å². The van der Waals surface area contributed by atoms with Gasteiger partial charge in [-0.1, -0.05) is 12.5 Å². The number of ether oxygens (including phenoxy) is 1. The number of halogens is 2. The van der Waals surface area contributed by atoms with Crippen molar-refractivity contribution in [2.45, 2.75) is 31.8 Å². The summed E-state index contributed by atoms with van der Waals surface area (Å²) < 4.78 is 37.5. The Morgan fingerprint density at radius 3 is 2.62 bits per heavy atom. The fraction of sp³-hybridized carbons (Fsp3) is 0.316. The summed E-state index contributed by atoms with van der Waals surface area (Å²) >= 11 is 0. The molecular weight excluding hydrogens is 380 g/mol. The smallest absolute Gasteiger partial charge is 0.235 e. The van der Waals surface area contributed by atoms with Crippen LogP contribution in [0.2, 0.25) is 0 Å². The van der Waals surface area contributed by atoms with Gasteiger partial charge in [0.05, 0.1) is 5.56 Å². The number of nitrogens with zero attached hydrogens (tertiary/aromatic N) is 7. The van der Waals surface area contributed by atoms with Gasteiger partial charge in [-0.05, 0) is 37.0 Å². The van der Waals surface area contributed by atoms with E-state index in [0.29, 0.717) is 23.3 Å². The van der Waals surface area contributed by atoms with Crippen LogP contribution in [0.15, 0.2) is 30.6 Å². The Balaban J connectivity index is 1.61. The average molecular weight is 397 g/mol. The average Bonchev–Trinajstić information content (AvgIpc) is 3.24. The summed E-state index contributed by atoms with van der Waals surface area (Å²) in [4.78, 5) is 4.15. The number of hydrogen-bond donors (Lipinski definition) is 0. The maximum atomic E-state index is 14.3. The van der Waals surface area contributed by atoms with E-state index in [4.69, 9.17) is 4.74 Å². The Hall–Kier alpha value is -3.43. The van der Waals surface area contributed by atoms with Crippen molar-refractivity contribution < 1.29 is 13.5 Å². The molecule has 0 spiro atoms. The second-order valence-electron chi connectivity index (χ2n) is 7.01. The molecule has 0 atom stereocenters. The summed E-state index contributed by atoms with van der Waals surface area (Å²) in [6, 6.07) is 5.48. The van der Waals surface area contributed by atoms with Gasteiger partial charge in [-0.25, -0.2) is 13.8 Å². The van der Waals surface area contributed by atoms with Crippen LogP contribution in [-0.2, 0) is 13.7 Å². The summed E-state index contributed by atoms with van der Waals surface area (Å²) in [6.45, 7) is 0.167. The number of fused-ring (bicyclic) bond motifs is 1. The molecule has 1 aliphatic carbocycles. The summed E-state index contributed by atoms with van der Waals surface area (Å²) in [5, 5.41) is 16.6. The zero-order valence-corrected chi connectivity index (χ0v) is 15.6. The number of benzene rings is 1. The Morgan fingerprint density at radius 2 is 1.97 bits per heavy atom. The van der Waals surface area contributed by atoms with E-state index in [9.17, 15) is 8.78 Å². The van der Waals surface area contributed by atoms with Crippen LogP contribution >= 0.6 is 0 Å². The van der Waals surface area contributed by atoms with E-state index in [0.717, 1.165) is 24.8 Å². The van der Waals surface area contributed by atoms with E-state index >= 15 is 0 Å². The molecule has 1 saturated carbocycles. The Morgan fingerprint density at radius 1 is 1.17 bits per heavy atom. The van der Waals surface area contributed by atoms with Crippen LogP contribution in [0, 0.1) is 11.6 Å². The molecule has 0 aliphatic heterocycles. The Labute approximate surface area is 164 Å². The molecule has 148 valence electrons. The quantitative estimate of drug-likeness (QED) is 0.515. The van der Waals surface area contributed by atoms with Gasteiger partial charge in [0.25, 0.3) is 0 Å². The maximum Gasteiger partial charge on any atom is 0.235 e. The minimum absolute atomic E-state index is 0.0146. The van der Waals surface area contributed by atoms with Crippen molar-refractivity contribution in [1.29, 1.82) is 0 Å². The van der Waals surface area contributed by atoms with Gasteiger partial charge in [0, 0.05) is 12.6 Å². The highest BCUT2D eigenvalue weighted by atomic mass is 19.1. The third kappa shape index (κ3) is 3.00. The predicted molar refractivity (Wildman–Crippen MR) is 98.1 cm³/mol. The molecule has 0 bridgehead atoms. The Kier molecular flexibility index (Phi) is 4.18. The highest BCUT2D eigenvalue weighted by Gasteiger charge is 2.27. The molecule has 10 heteroatoms. The van der Waals surface area contributed by atoms with Crippen molar-refractivity contribution in [3.63, 3.8) is 0 Å². The highest BCUT2D eigenvalue weighted by molar-refractivity contribution is 5.61. The van der Waals surface area contributed by atoms with Gasteiger partial charge in [0.2, 0.25) is 5.88 Å². The lowest BCUT2D eigenvalue weighted by atomic mass is 9.80. The largest absolute Gasteiger partial charge is 0.468 e. The van der Waals surface area contributed by atoms with Crippen molar-refractivity contribution in [1.82, 2.24) is 34.6 Å². The molecule has 1 fully saturated rings. The van der Waals surface area contributed by atoms with E-state index < -0.39 is 11.6 Å². The third-order valence-electron chi connectivity index (χ3n) is 5.26. The number of rotatable bonds is 5. The standard InChI is InChI=1S/C19H17F2N7O/c1-27-16(22-10-23-27)9-29-19-12(11-4-2-5-11)8-15-24-25-18(28(15)26-19)17-13(20)6-3-7-14(17)21/h3,6-8,10-11H,2,4-5,9H2,1H3. The normalized spacial score (nSPS) is 14.3. The first kappa shape index (κ1) is 17.7. The molecule has 0 radical (unpaired) electrons.